The third-order valence-electron chi connectivity index (χ3n) is 4.87. The highest BCUT2D eigenvalue weighted by Gasteiger charge is 2.17. The van der Waals surface area contributed by atoms with Gasteiger partial charge < -0.3 is 19.8 Å². The van der Waals surface area contributed by atoms with E-state index < -0.39 is 11.9 Å². The Morgan fingerprint density at radius 2 is 1.74 bits per heavy atom. The number of carboxylic acid groups (broad SMARTS) is 2. The molecule has 1 saturated carbocycles. The molecular formula is C21H33NO5. The summed E-state index contributed by atoms with van der Waals surface area (Å²) in [5, 5.41) is 14.8. The number of rotatable bonds is 6. The van der Waals surface area contributed by atoms with Crippen LogP contribution in [0.4, 0.5) is 0 Å². The molecule has 0 amide bonds. The molecule has 1 fully saturated rings. The van der Waals surface area contributed by atoms with Crippen LogP contribution in [0.3, 0.4) is 0 Å². The summed E-state index contributed by atoms with van der Waals surface area (Å²) in [4.78, 5) is 20.7. The molecule has 0 atom stereocenters. The van der Waals surface area contributed by atoms with E-state index in [-0.39, 0.29) is 0 Å². The molecule has 6 heteroatoms. The van der Waals surface area contributed by atoms with Crippen molar-refractivity contribution in [1.29, 1.82) is 0 Å². The SMILES string of the molecule is Cc1ccc(C(C)C)c(OCCN(C)C2CCCCC2)c1.O=C(O)C(=O)O. The smallest absolute Gasteiger partial charge is 0.414 e. The summed E-state index contributed by atoms with van der Waals surface area (Å²) in [7, 11) is 2.25. The number of aliphatic carboxylic acids is 2. The lowest BCUT2D eigenvalue weighted by Crippen LogP contribution is -2.36. The van der Waals surface area contributed by atoms with E-state index in [0.29, 0.717) is 5.92 Å². The van der Waals surface area contributed by atoms with Crippen LogP contribution in [0.5, 0.6) is 5.75 Å². The number of aryl methyl sites for hydroxylation is 1. The third-order valence-corrected chi connectivity index (χ3v) is 4.87. The third kappa shape index (κ3) is 8.43. The number of carboxylic acids is 2. The molecule has 2 rings (SSSR count). The lowest BCUT2D eigenvalue weighted by Gasteiger charge is -2.31. The van der Waals surface area contributed by atoms with Gasteiger partial charge in [0.25, 0.3) is 0 Å². The van der Waals surface area contributed by atoms with Crippen molar-refractivity contribution in [2.45, 2.75) is 64.8 Å². The normalized spacial score (nSPS) is 14.6. The first-order chi connectivity index (χ1) is 12.7. The fourth-order valence-electron chi connectivity index (χ4n) is 3.25. The van der Waals surface area contributed by atoms with Gasteiger partial charge in [-0.2, -0.15) is 0 Å². The first-order valence-electron chi connectivity index (χ1n) is 9.62. The van der Waals surface area contributed by atoms with E-state index in [4.69, 9.17) is 24.5 Å². The summed E-state index contributed by atoms with van der Waals surface area (Å²) in [6.07, 6.45) is 6.93. The fourth-order valence-corrected chi connectivity index (χ4v) is 3.25. The van der Waals surface area contributed by atoms with Gasteiger partial charge >= 0.3 is 11.9 Å². The Kier molecular flexibility index (Phi) is 9.86. The van der Waals surface area contributed by atoms with Crippen molar-refractivity contribution in [3.05, 3.63) is 29.3 Å². The van der Waals surface area contributed by atoms with Crippen molar-refractivity contribution in [2.75, 3.05) is 20.2 Å². The predicted molar refractivity (Wildman–Crippen MR) is 106 cm³/mol. The average Bonchev–Trinajstić information content (AvgIpc) is 2.62. The second-order valence-corrected chi connectivity index (χ2v) is 7.43. The summed E-state index contributed by atoms with van der Waals surface area (Å²) in [5.74, 6) is -2.07. The van der Waals surface area contributed by atoms with Crippen molar-refractivity contribution in [3.63, 3.8) is 0 Å². The lowest BCUT2D eigenvalue weighted by atomic mass is 9.94. The van der Waals surface area contributed by atoms with Crippen LogP contribution in [-0.2, 0) is 9.59 Å². The number of hydrogen-bond donors (Lipinski definition) is 2. The number of ether oxygens (including phenoxy) is 1. The zero-order chi connectivity index (χ0) is 20.4. The van der Waals surface area contributed by atoms with Crippen molar-refractivity contribution < 1.29 is 24.5 Å². The van der Waals surface area contributed by atoms with Crippen LogP contribution >= 0.6 is 0 Å². The largest absolute Gasteiger partial charge is 0.492 e. The number of hydrogen-bond acceptors (Lipinski definition) is 4. The highest BCUT2D eigenvalue weighted by Crippen LogP contribution is 2.27. The molecule has 152 valence electrons. The number of carbonyl (C=O) groups is 2. The number of benzene rings is 1. The topological polar surface area (TPSA) is 87.1 Å². The molecule has 0 aliphatic heterocycles. The molecule has 1 aromatic rings. The van der Waals surface area contributed by atoms with Gasteiger partial charge in [-0.25, -0.2) is 9.59 Å². The Balaban J connectivity index is 0.000000527. The molecule has 0 heterocycles. The number of likely N-dealkylation sites (N-methyl/N-ethyl adjacent to an activating group) is 1. The standard InChI is InChI=1S/C19H31NO.C2H2O4/c1-15(2)18-11-10-16(3)14-19(18)21-13-12-20(4)17-8-6-5-7-9-17;3-1(4)2(5)6/h10-11,14-15,17H,5-9,12-13H2,1-4H3;(H,3,4)(H,5,6). The van der Waals surface area contributed by atoms with Gasteiger partial charge in [-0.3, -0.25) is 0 Å². The molecule has 2 N–H and O–H groups in total. The Hall–Kier alpha value is -2.08. The van der Waals surface area contributed by atoms with Crippen LogP contribution in [0.25, 0.3) is 0 Å². The van der Waals surface area contributed by atoms with Gasteiger partial charge in [0.2, 0.25) is 0 Å². The van der Waals surface area contributed by atoms with Crippen LogP contribution in [0.1, 0.15) is 63.0 Å². The zero-order valence-corrected chi connectivity index (χ0v) is 16.9. The maximum absolute atomic E-state index is 9.10. The summed E-state index contributed by atoms with van der Waals surface area (Å²) in [6.45, 7) is 8.40. The Morgan fingerprint density at radius 3 is 2.26 bits per heavy atom. The molecule has 0 aromatic heterocycles. The minimum atomic E-state index is -1.82. The van der Waals surface area contributed by atoms with Crippen LogP contribution < -0.4 is 4.74 Å². The quantitative estimate of drug-likeness (QED) is 0.729. The Labute approximate surface area is 162 Å². The lowest BCUT2D eigenvalue weighted by molar-refractivity contribution is -0.159. The van der Waals surface area contributed by atoms with Gasteiger partial charge in [0.15, 0.2) is 0 Å². The molecule has 1 aliphatic carbocycles. The maximum Gasteiger partial charge on any atom is 0.414 e. The summed E-state index contributed by atoms with van der Waals surface area (Å²) >= 11 is 0. The van der Waals surface area contributed by atoms with E-state index in [1.54, 1.807) is 0 Å². The first kappa shape index (κ1) is 23.0. The van der Waals surface area contributed by atoms with Crippen molar-refractivity contribution in [2.24, 2.45) is 0 Å². The van der Waals surface area contributed by atoms with Gasteiger partial charge in [-0.05, 0) is 49.9 Å². The molecule has 1 aliphatic rings. The monoisotopic (exact) mass is 379 g/mol. The van der Waals surface area contributed by atoms with Crippen LogP contribution in [0, 0.1) is 6.92 Å². The van der Waals surface area contributed by atoms with Gasteiger partial charge in [-0.15, -0.1) is 0 Å². The van der Waals surface area contributed by atoms with Crippen molar-refractivity contribution >= 4 is 11.9 Å². The molecule has 0 radical (unpaired) electrons. The summed E-state index contributed by atoms with van der Waals surface area (Å²) in [6, 6.07) is 7.33. The van der Waals surface area contributed by atoms with E-state index in [2.05, 4.69) is 50.9 Å². The van der Waals surface area contributed by atoms with E-state index >= 15 is 0 Å². The van der Waals surface area contributed by atoms with Crippen LogP contribution in [0.15, 0.2) is 18.2 Å². The Bertz CT molecular complexity index is 597. The predicted octanol–water partition coefficient (Wildman–Crippen LogP) is 3.92. The minimum Gasteiger partial charge on any atom is -0.492 e. The molecule has 0 spiro atoms. The summed E-state index contributed by atoms with van der Waals surface area (Å²) < 4.78 is 6.10. The highest BCUT2D eigenvalue weighted by atomic mass is 16.5. The van der Waals surface area contributed by atoms with Crippen molar-refractivity contribution in [1.82, 2.24) is 4.90 Å². The number of nitrogens with zero attached hydrogens (tertiary/aromatic N) is 1. The molecule has 6 nitrogen and oxygen atoms in total. The zero-order valence-electron chi connectivity index (χ0n) is 16.9. The molecule has 0 unspecified atom stereocenters. The van der Waals surface area contributed by atoms with Crippen molar-refractivity contribution in [3.8, 4) is 5.75 Å². The van der Waals surface area contributed by atoms with E-state index in [9.17, 15) is 0 Å². The highest BCUT2D eigenvalue weighted by molar-refractivity contribution is 6.27. The molecule has 27 heavy (non-hydrogen) atoms. The van der Waals surface area contributed by atoms with Crippen LogP contribution in [0.2, 0.25) is 0 Å². The first-order valence-corrected chi connectivity index (χ1v) is 9.62. The van der Waals surface area contributed by atoms with E-state index in [0.717, 1.165) is 24.9 Å². The van der Waals surface area contributed by atoms with Crippen LogP contribution in [-0.4, -0.2) is 53.3 Å². The molecule has 0 bridgehead atoms. The summed E-state index contributed by atoms with van der Waals surface area (Å²) in [5.41, 5.74) is 2.59. The molecule has 1 aromatic carbocycles. The van der Waals surface area contributed by atoms with Gasteiger partial charge in [0.05, 0.1) is 0 Å². The minimum absolute atomic E-state index is 0.511. The second-order valence-electron chi connectivity index (χ2n) is 7.43. The fraction of sp³-hybridized carbons (Fsp3) is 0.619. The van der Waals surface area contributed by atoms with Gasteiger partial charge in [0, 0.05) is 12.6 Å². The molecular weight excluding hydrogens is 346 g/mol. The molecule has 0 saturated heterocycles. The Morgan fingerprint density at radius 1 is 1.15 bits per heavy atom. The second kappa shape index (κ2) is 11.6. The maximum atomic E-state index is 9.10. The van der Waals surface area contributed by atoms with E-state index in [1.807, 2.05) is 0 Å². The van der Waals surface area contributed by atoms with E-state index in [1.165, 1.54) is 43.2 Å². The van der Waals surface area contributed by atoms with Gasteiger partial charge in [0.1, 0.15) is 12.4 Å². The van der Waals surface area contributed by atoms with Gasteiger partial charge in [-0.1, -0.05) is 45.2 Å². The average molecular weight is 379 g/mol.